The smallest absolute Gasteiger partial charge is 0.0857 e. The minimum atomic E-state index is 0.388. The van der Waals surface area contributed by atoms with Crippen molar-refractivity contribution in [2.24, 2.45) is 5.92 Å². The fourth-order valence-corrected chi connectivity index (χ4v) is 3.42. The van der Waals surface area contributed by atoms with E-state index < -0.39 is 0 Å². The largest absolute Gasteiger partial charge is 0.374 e. The van der Waals surface area contributed by atoms with E-state index in [0.29, 0.717) is 18.2 Å². The quantitative estimate of drug-likeness (QED) is 0.812. The predicted octanol–water partition coefficient (Wildman–Crippen LogP) is 1.87. The van der Waals surface area contributed by atoms with Crippen LogP contribution in [0.1, 0.15) is 39.5 Å². The second-order valence-corrected chi connectivity index (χ2v) is 5.86. The zero-order valence-corrected chi connectivity index (χ0v) is 11.6. The maximum Gasteiger partial charge on any atom is 0.0857 e. The molecule has 0 bridgehead atoms. The van der Waals surface area contributed by atoms with E-state index in [0.717, 1.165) is 25.6 Å². The standard InChI is InChI=1S/C14H28N2O/c1-11(2)16-8-9-17-13(10-16)14(15-3)12-6-4-5-7-12/h11-15H,4-10H2,1-3H3. The molecule has 2 atom stereocenters. The average Bonchev–Trinajstić information content (AvgIpc) is 2.84. The Balaban J connectivity index is 1.93. The lowest BCUT2D eigenvalue weighted by Crippen LogP contribution is -2.55. The van der Waals surface area contributed by atoms with Gasteiger partial charge >= 0.3 is 0 Å². The molecule has 2 rings (SSSR count). The second-order valence-electron chi connectivity index (χ2n) is 5.86. The van der Waals surface area contributed by atoms with Crippen LogP contribution in [0.3, 0.4) is 0 Å². The van der Waals surface area contributed by atoms with Gasteiger partial charge in [0.1, 0.15) is 0 Å². The maximum atomic E-state index is 6.02. The Hall–Kier alpha value is -0.120. The topological polar surface area (TPSA) is 24.5 Å². The molecule has 0 radical (unpaired) electrons. The molecule has 0 aromatic rings. The molecule has 100 valence electrons. The van der Waals surface area contributed by atoms with Crippen molar-refractivity contribution in [1.82, 2.24) is 10.2 Å². The van der Waals surface area contributed by atoms with Gasteiger partial charge in [0.25, 0.3) is 0 Å². The minimum Gasteiger partial charge on any atom is -0.374 e. The van der Waals surface area contributed by atoms with E-state index in [4.69, 9.17) is 4.74 Å². The fourth-order valence-electron chi connectivity index (χ4n) is 3.42. The number of ether oxygens (including phenoxy) is 1. The van der Waals surface area contributed by atoms with Crippen LogP contribution in [0.2, 0.25) is 0 Å². The SMILES string of the molecule is CNC(C1CCCC1)C1CN(C(C)C)CCO1. The summed E-state index contributed by atoms with van der Waals surface area (Å²) in [5, 5.41) is 3.52. The summed E-state index contributed by atoms with van der Waals surface area (Å²) in [6.07, 6.45) is 5.96. The second kappa shape index (κ2) is 6.17. The highest BCUT2D eigenvalue weighted by atomic mass is 16.5. The van der Waals surface area contributed by atoms with Crippen LogP contribution in [-0.4, -0.2) is 49.8 Å². The number of hydrogen-bond donors (Lipinski definition) is 1. The van der Waals surface area contributed by atoms with Gasteiger partial charge in [0.15, 0.2) is 0 Å². The van der Waals surface area contributed by atoms with Crippen LogP contribution in [0, 0.1) is 5.92 Å². The molecular formula is C14H28N2O. The van der Waals surface area contributed by atoms with E-state index in [1.165, 1.54) is 25.7 Å². The molecule has 1 aliphatic carbocycles. The van der Waals surface area contributed by atoms with E-state index in [1.807, 2.05) is 0 Å². The van der Waals surface area contributed by atoms with Crippen LogP contribution in [0.4, 0.5) is 0 Å². The summed E-state index contributed by atoms with van der Waals surface area (Å²) >= 11 is 0. The predicted molar refractivity (Wildman–Crippen MR) is 71.3 cm³/mol. The molecule has 2 fully saturated rings. The monoisotopic (exact) mass is 240 g/mol. The first-order valence-corrected chi connectivity index (χ1v) is 7.25. The summed E-state index contributed by atoms with van der Waals surface area (Å²) < 4.78 is 6.02. The molecule has 1 saturated heterocycles. The lowest BCUT2D eigenvalue weighted by molar-refractivity contribution is -0.0631. The Morgan fingerprint density at radius 3 is 2.53 bits per heavy atom. The zero-order chi connectivity index (χ0) is 12.3. The molecule has 2 aliphatic rings. The van der Waals surface area contributed by atoms with Crippen LogP contribution in [0.15, 0.2) is 0 Å². The lowest BCUT2D eigenvalue weighted by atomic mass is 9.92. The molecule has 0 amide bonds. The van der Waals surface area contributed by atoms with E-state index in [1.54, 1.807) is 0 Å². The normalized spacial score (nSPS) is 30.0. The first kappa shape index (κ1) is 13.3. The number of morpholine rings is 1. The highest BCUT2D eigenvalue weighted by molar-refractivity contribution is 4.89. The van der Waals surface area contributed by atoms with Crippen LogP contribution in [-0.2, 0) is 4.74 Å². The number of nitrogens with one attached hydrogen (secondary N) is 1. The number of likely N-dealkylation sites (N-methyl/N-ethyl adjacent to an activating group) is 1. The molecule has 1 N–H and O–H groups in total. The Morgan fingerprint density at radius 1 is 1.24 bits per heavy atom. The molecule has 0 spiro atoms. The number of rotatable bonds is 4. The van der Waals surface area contributed by atoms with Crippen molar-refractivity contribution in [3.63, 3.8) is 0 Å². The van der Waals surface area contributed by atoms with Crippen molar-refractivity contribution in [2.45, 2.75) is 57.7 Å². The third-order valence-corrected chi connectivity index (χ3v) is 4.50. The molecule has 1 aliphatic heterocycles. The first-order chi connectivity index (χ1) is 8.22. The molecular weight excluding hydrogens is 212 g/mol. The van der Waals surface area contributed by atoms with Gasteiger partial charge in [0, 0.05) is 25.2 Å². The van der Waals surface area contributed by atoms with Gasteiger partial charge in [0.05, 0.1) is 12.7 Å². The Labute approximate surface area is 106 Å². The summed E-state index contributed by atoms with van der Waals surface area (Å²) in [7, 11) is 2.10. The molecule has 3 nitrogen and oxygen atoms in total. The summed E-state index contributed by atoms with van der Waals surface area (Å²) in [6.45, 7) is 7.65. The average molecular weight is 240 g/mol. The Morgan fingerprint density at radius 2 is 1.94 bits per heavy atom. The van der Waals surface area contributed by atoms with Crippen LogP contribution in [0.25, 0.3) is 0 Å². The van der Waals surface area contributed by atoms with Crippen molar-refractivity contribution in [2.75, 3.05) is 26.7 Å². The van der Waals surface area contributed by atoms with Gasteiger partial charge in [-0.2, -0.15) is 0 Å². The summed E-state index contributed by atoms with van der Waals surface area (Å²) in [6, 6.07) is 1.20. The van der Waals surface area contributed by atoms with Crippen LogP contribution >= 0.6 is 0 Å². The number of hydrogen-bond acceptors (Lipinski definition) is 3. The third kappa shape index (κ3) is 3.21. The summed E-state index contributed by atoms with van der Waals surface area (Å²) in [4.78, 5) is 2.55. The van der Waals surface area contributed by atoms with Gasteiger partial charge in [0.2, 0.25) is 0 Å². The van der Waals surface area contributed by atoms with Gasteiger partial charge in [-0.15, -0.1) is 0 Å². The highest BCUT2D eigenvalue weighted by Crippen LogP contribution is 2.30. The Bertz CT molecular complexity index is 226. The van der Waals surface area contributed by atoms with Crippen molar-refractivity contribution >= 4 is 0 Å². The summed E-state index contributed by atoms with van der Waals surface area (Å²) in [5.74, 6) is 0.831. The summed E-state index contributed by atoms with van der Waals surface area (Å²) in [5.41, 5.74) is 0. The van der Waals surface area contributed by atoms with Crippen molar-refractivity contribution in [3.8, 4) is 0 Å². The van der Waals surface area contributed by atoms with Gasteiger partial charge in [-0.25, -0.2) is 0 Å². The molecule has 0 aromatic carbocycles. The minimum absolute atomic E-state index is 0.388. The van der Waals surface area contributed by atoms with Crippen molar-refractivity contribution < 1.29 is 4.74 Å². The van der Waals surface area contributed by atoms with E-state index in [9.17, 15) is 0 Å². The van der Waals surface area contributed by atoms with E-state index in [2.05, 4.69) is 31.1 Å². The molecule has 1 heterocycles. The molecule has 1 saturated carbocycles. The molecule has 17 heavy (non-hydrogen) atoms. The zero-order valence-electron chi connectivity index (χ0n) is 11.6. The molecule has 2 unspecified atom stereocenters. The molecule has 3 heteroatoms. The van der Waals surface area contributed by atoms with E-state index in [-0.39, 0.29) is 0 Å². The van der Waals surface area contributed by atoms with Gasteiger partial charge in [-0.05, 0) is 39.7 Å². The van der Waals surface area contributed by atoms with Gasteiger partial charge in [-0.1, -0.05) is 12.8 Å². The molecule has 0 aromatic heterocycles. The van der Waals surface area contributed by atoms with Crippen LogP contribution < -0.4 is 5.32 Å². The van der Waals surface area contributed by atoms with Crippen LogP contribution in [0.5, 0.6) is 0 Å². The van der Waals surface area contributed by atoms with Gasteiger partial charge < -0.3 is 10.1 Å². The number of nitrogens with zero attached hydrogens (tertiary/aromatic N) is 1. The van der Waals surface area contributed by atoms with E-state index >= 15 is 0 Å². The Kier molecular flexibility index (Phi) is 4.83. The lowest BCUT2D eigenvalue weighted by Gasteiger charge is -2.40. The van der Waals surface area contributed by atoms with Crippen molar-refractivity contribution in [1.29, 1.82) is 0 Å². The highest BCUT2D eigenvalue weighted by Gasteiger charge is 2.34. The van der Waals surface area contributed by atoms with Gasteiger partial charge in [-0.3, -0.25) is 4.90 Å². The fraction of sp³-hybridized carbons (Fsp3) is 1.00. The third-order valence-electron chi connectivity index (χ3n) is 4.50. The maximum absolute atomic E-state index is 6.02. The van der Waals surface area contributed by atoms with Crippen molar-refractivity contribution in [3.05, 3.63) is 0 Å². The first-order valence-electron chi connectivity index (χ1n) is 7.25.